The van der Waals surface area contributed by atoms with Gasteiger partial charge in [0.1, 0.15) is 0 Å². The predicted molar refractivity (Wildman–Crippen MR) is 65.1 cm³/mol. The van der Waals surface area contributed by atoms with Gasteiger partial charge in [0.2, 0.25) is 5.91 Å². The lowest BCUT2D eigenvalue weighted by molar-refractivity contribution is -0.117. The number of hydrogen-bond donors (Lipinski definition) is 2. The van der Waals surface area contributed by atoms with Crippen LogP contribution in [0.3, 0.4) is 0 Å². The first-order chi connectivity index (χ1) is 7.75. The van der Waals surface area contributed by atoms with E-state index in [0.717, 1.165) is 33.9 Å². The van der Waals surface area contributed by atoms with Gasteiger partial charge in [0, 0.05) is 11.3 Å². The van der Waals surface area contributed by atoms with E-state index in [4.69, 9.17) is 0 Å². The van der Waals surface area contributed by atoms with Crippen molar-refractivity contribution in [3.8, 4) is 0 Å². The highest BCUT2D eigenvalue weighted by Crippen LogP contribution is 2.33. The van der Waals surface area contributed by atoms with E-state index in [1.807, 2.05) is 12.1 Å². The summed E-state index contributed by atoms with van der Waals surface area (Å²) < 4.78 is 0.858. The van der Waals surface area contributed by atoms with Gasteiger partial charge in [-0.05, 0) is 40.9 Å². The van der Waals surface area contributed by atoms with Gasteiger partial charge in [0.15, 0.2) is 0 Å². The Kier molecular flexibility index (Phi) is 2.21. The van der Waals surface area contributed by atoms with Crippen LogP contribution in [-0.2, 0) is 4.79 Å². The fraction of sp³-hybridized carbons (Fsp3) is 0.273. The first-order valence-electron chi connectivity index (χ1n) is 5.18. The molecule has 2 N–H and O–H groups in total. The Labute approximate surface area is 101 Å². The molecule has 0 saturated heterocycles. The molecule has 0 atom stereocenters. The number of amides is 1. The Morgan fingerprint density at radius 2 is 2.31 bits per heavy atom. The molecule has 1 heterocycles. The fourth-order valence-electron chi connectivity index (χ4n) is 1.66. The summed E-state index contributed by atoms with van der Waals surface area (Å²) in [6, 6.07) is 3.83. The van der Waals surface area contributed by atoms with Crippen LogP contribution < -0.4 is 5.32 Å². The maximum atomic E-state index is 11.6. The van der Waals surface area contributed by atoms with Gasteiger partial charge in [0.05, 0.1) is 21.9 Å². The highest BCUT2D eigenvalue weighted by atomic mass is 79.9. The smallest absolute Gasteiger partial charge is 0.227 e. The van der Waals surface area contributed by atoms with Gasteiger partial charge in [0.25, 0.3) is 0 Å². The van der Waals surface area contributed by atoms with Crippen molar-refractivity contribution in [3.63, 3.8) is 0 Å². The van der Waals surface area contributed by atoms with Crippen LogP contribution in [0.25, 0.3) is 10.9 Å². The number of benzene rings is 1. The summed E-state index contributed by atoms with van der Waals surface area (Å²) in [7, 11) is 0. The first kappa shape index (κ1) is 9.84. The molecule has 0 spiro atoms. The van der Waals surface area contributed by atoms with E-state index in [0.29, 0.717) is 0 Å². The molecule has 0 bridgehead atoms. The fourth-order valence-corrected chi connectivity index (χ4v) is 2.20. The third-order valence-corrected chi connectivity index (χ3v) is 3.58. The van der Waals surface area contributed by atoms with Crippen LogP contribution in [0.2, 0.25) is 0 Å². The van der Waals surface area contributed by atoms with Crippen molar-refractivity contribution >= 4 is 38.4 Å². The number of fused-ring (bicyclic) bond motifs is 1. The molecule has 1 aliphatic rings. The van der Waals surface area contributed by atoms with Gasteiger partial charge >= 0.3 is 0 Å². The average Bonchev–Trinajstić information content (AvgIpc) is 3.01. The largest absolute Gasteiger partial charge is 0.325 e. The van der Waals surface area contributed by atoms with Crippen LogP contribution in [0.1, 0.15) is 12.8 Å². The zero-order valence-electron chi connectivity index (χ0n) is 8.46. The van der Waals surface area contributed by atoms with Crippen molar-refractivity contribution in [2.45, 2.75) is 12.8 Å². The van der Waals surface area contributed by atoms with Crippen LogP contribution in [0.4, 0.5) is 5.69 Å². The van der Waals surface area contributed by atoms with Crippen LogP contribution in [0, 0.1) is 5.92 Å². The highest BCUT2D eigenvalue weighted by molar-refractivity contribution is 9.10. The van der Waals surface area contributed by atoms with E-state index in [-0.39, 0.29) is 11.8 Å². The van der Waals surface area contributed by atoms with Crippen molar-refractivity contribution in [1.29, 1.82) is 0 Å². The van der Waals surface area contributed by atoms with E-state index in [1.165, 1.54) is 0 Å². The summed E-state index contributed by atoms with van der Waals surface area (Å²) in [5, 5.41) is 10.8. The molecule has 1 saturated carbocycles. The average molecular weight is 280 g/mol. The molecule has 0 aliphatic heterocycles. The van der Waals surface area contributed by atoms with Gasteiger partial charge in [-0.15, -0.1) is 0 Å². The number of rotatable bonds is 2. The topological polar surface area (TPSA) is 57.8 Å². The lowest BCUT2D eigenvalue weighted by atomic mass is 10.2. The summed E-state index contributed by atoms with van der Waals surface area (Å²) in [4.78, 5) is 11.6. The number of hydrogen-bond acceptors (Lipinski definition) is 2. The Morgan fingerprint density at radius 1 is 1.50 bits per heavy atom. The summed E-state index contributed by atoms with van der Waals surface area (Å²) in [5.74, 6) is 0.323. The van der Waals surface area contributed by atoms with E-state index in [2.05, 4.69) is 31.4 Å². The molecule has 82 valence electrons. The predicted octanol–water partition coefficient (Wildman–Crippen LogP) is 2.67. The third kappa shape index (κ3) is 1.61. The zero-order chi connectivity index (χ0) is 11.1. The Balaban J connectivity index is 1.96. The monoisotopic (exact) mass is 279 g/mol. The Morgan fingerprint density at radius 3 is 3.06 bits per heavy atom. The number of H-pyrrole nitrogens is 1. The minimum absolute atomic E-state index is 0.111. The lowest BCUT2D eigenvalue weighted by Crippen LogP contribution is -2.13. The van der Waals surface area contributed by atoms with Crippen LogP contribution in [0.15, 0.2) is 22.8 Å². The molecular weight excluding hydrogens is 270 g/mol. The molecule has 0 radical (unpaired) electrons. The molecule has 3 rings (SSSR count). The van der Waals surface area contributed by atoms with E-state index < -0.39 is 0 Å². The summed E-state index contributed by atoms with van der Waals surface area (Å²) >= 11 is 3.47. The van der Waals surface area contributed by atoms with Gasteiger partial charge < -0.3 is 5.32 Å². The van der Waals surface area contributed by atoms with Gasteiger partial charge in [-0.25, -0.2) is 0 Å². The second kappa shape index (κ2) is 3.59. The molecule has 1 aromatic carbocycles. The van der Waals surface area contributed by atoms with Crippen molar-refractivity contribution in [3.05, 3.63) is 22.8 Å². The van der Waals surface area contributed by atoms with Crippen molar-refractivity contribution in [2.24, 2.45) is 5.92 Å². The zero-order valence-corrected chi connectivity index (χ0v) is 10.0. The van der Waals surface area contributed by atoms with Gasteiger partial charge in [-0.1, -0.05) is 0 Å². The van der Waals surface area contributed by atoms with E-state index in [1.54, 1.807) is 6.20 Å². The Hall–Kier alpha value is -1.36. The van der Waals surface area contributed by atoms with E-state index >= 15 is 0 Å². The quantitative estimate of drug-likeness (QED) is 0.888. The van der Waals surface area contributed by atoms with Crippen LogP contribution in [0.5, 0.6) is 0 Å². The number of carbonyl (C=O) groups excluding carboxylic acids is 1. The van der Waals surface area contributed by atoms with Crippen LogP contribution in [-0.4, -0.2) is 16.1 Å². The van der Waals surface area contributed by atoms with Gasteiger partial charge in [-0.3, -0.25) is 9.89 Å². The first-order valence-corrected chi connectivity index (χ1v) is 5.97. The minimum atomic E-state index is 0.111. The minimum Gasteiger partial charge on any atom is -0.325 e. The third-order valence-electron chi connectivity index (χ3n) is 2.76. The number of aromatic nitrogens is 2. The number of halogens is 1. The standard InChI is InChI=1S/C11H10BrN3O/c12-9-8(14-11(16)6-1-2-6)4-3-7-5-13-15-10(7)9/h3-6H,1-2H2,(H,13,15)(H,14,16). The summed E-state index contributed by atoms with van der Waals surface area (Å²) in [6.07, 6.45) is 3.78. The SMILES string of the molecule is O=C(Nc1ccc2cn[nH]c2c1Br)C1CC1. The molecule has 4 nitrogen and oxygen atoms in total. The molecule has 1 amide bonds. The Bertz CT molecular complexity index is 559. The van der Waals surface area contributed by atoms with Crippen molar-refractivity contribution in [2.75, 3.05) is 5.32 Å². The van der Waals surface area contributed by atoms with Crippen molar-refractivity contribution < 1.29 is 4.79 Å². The maximum Gasteiger partial charge on any atom is 0.227 e. The molecule has 1 aromatic heterocycles. The second-order valence-corrected chi connectivity index (χ2v) is 4.82. The molecule has 5 heteroatoms. The van der Waals surface area contributed by atoms with E-state index in [9.17, 15) is 4.79 Å². The molecule has 2 aromatic rings. The number of nitrogens with one attached hydrogen (secondary N) is 2. The normalized spacial score (nSPS) is 15.3. The second-order valence-electron chi connectivity index (χ2n) is 4.02. The lowest BCUT2D eigenvalue weighted by Gasteiger charge is -2.06. The maximum absolute atomic E-state index is 11.6. The number of nitrogens with zero attached hydrogens (tertiary/aromatic N) is 1. The number of aromatic amines is 1. The number of anilines is 1. The molecule has 0 unspecified atom stereocenters. The van der Waals surface area contributed by atoms with Gasteiger partial charge in [-0.2, -0.15) is 5.10 Å². The molecular formula is C11H10BrN3O. The summed E-state index contributed by atoms with van der Waals surface area (Å²) in [5.41, 5.74) is 1.71. The van der Waals surface area contributed by atoms with Crippen LogP contribution >= 0.6 is 15.9 Å². The number of carbonyl (C=O) groups is 1. The molecule has 1 fully saturated rings. The summed E-state index contributed by atoms with van der Waals surface area (Å²) in [6.45, 7) is 0. The molecule has 1 aliphatic carbocycles. The van der Waals surface area contributed by atoms with Crippen molar-refractivity contribution in [1.82, 2.24) is 10.2 Å². The molecule has 16 heavy (non-hydrogen) atoms. The highest BCUT2D eigenvalue weighted by Gasteiger charge is 2.29.